The van der Waals surface area contributed by atoms with Gasteiger partial charge in [0.15, 0.2) is 6.29 Å². The van der Waals surface area contributed by atoms with Crippen molar-refractivity contribution in [2.45, 2.75) is 13.2 Å². The standard InChI is InChI=1S/C12H24O6/c1-12-17-10-8-15-6-4-13-2-3-14-5-7-16-9-11-18-12/h12H,2-11H2,1H3. The van der Waals surface area contributed by atoms with E-state index in [-0.39, 0.29) is 6.29 Å². The molecule has 0 bridgehead atoms. The van der Waals surface area contributed by atoms with Crippen LogP contribution in [0.2, 0.25) is 0 Å². The first-order valence-corrected chi connectivity index (χ1v) is 6.44. The van der Waals surface area contributed by atoms with E-state index in [0.717, 1.165) is 0 Å². The van der Waals surface area contributed by atoms with Gasteiger partial charge in [0.2, 0.25) is 0 Å². The zero-order chi connectivity index (χ0) is 12.9. The van der Waals surface area contributed by atoms with Gasteiger partial charge >= 0.3 is 0 Å². The zero-order valence-corrected chi connectivity index (χ0v) is 11.1. The highest BCUT2D eigenvalue weighted by atomic mass is 16.7. The first-order valence-electron chi connectivity index (χ1n) is 6.44. The molecule has 1 heterocycles. The molecule has 0 saturated carbocycles. The molecule has 0 aromatic carbocycles. The normalized spacial score (nSPS) is 24.5. The summed E-state index contributed by atoms with van der Waals surface area (Å²) in [5.41, 5.74) is 0. The van der Waals surface area contributed by atoms with Gasteiger partial charge in [0.1, 0.15) is 0 Å². The Bertz CT molecular complexity index is 160. The minimum Gasteiger partial charge on any atom is -0.377 e. The van der Waals surface area contributed by atoms with Crippen molar-refractivity contribution < 1.29 is 28.4 Å². The molecule has 0 unspecified atom stereocenters. The molecule has 0 N–H and O–H groups in total. The van der Waals surface area contributed by atoms with E-state index in [1.54, 1.807) is 0 Å². The van der Waals surface area contributed by atoms with Gasteiger partial charge in [-0.2, -0.15) is 0 Å². The Morgan fingerprint density at radius 3 is 1.11 bits per heavy atom. The maximum absolute atomic E-state index is 5.40. The number of hydrogen-bond acceptors (Lipinski definition) is 6. The van der Waals surface area contributed by atoms with E-state index in [0.29, 0.717) is 66.1 Å². The summed E-state index contributed by atoms with van der Waals surface area (Å²) in [7, 11) is 0. The van der Waals surface area contributed by atoms with E-state index in [9.17, 15) is 0 Å². The van der Waals surface area contributed by atoms with Crippen molar-refractivity contribution in [3.05, 3.63) is 0 Å². The first-order chi connectivity index (χ1) is 8.89. The molecule has 0 aromatic heterocycles. The summed E-state index contributed by atoms with van der Waals surface area (Å²) in [6.07, 6.45) is -0.236. The average molecular weight is 264 g/mol. The summed E-state index contributed by atoms with van der Waals surface area (Å²) in [4.78, 5) is 0. The van der Waals surface area contributed by atoms with E-state index >= 15 is 0 Å². The molecule has 1 rings (SSSR count). The van der Waals surface area contributed by atoms with Crippen LogP contribution in [-0.4, -0.2) is 72.4 Å². The Hall–Kier alpha value is -0.240. The predicted octanol–water partition coefficient (Wildman–Crippen LogP) is 0.446. The zero-order valence-electron chi connectivity index (χ0n) is 11.1. The lowest BCUT2D eigenvalue weighted by Crippen LogP contribution is -2.19. The molecule has 1 fully saturated rings. The molecular weight excluding hydrogens is 240 g/mol. The van der Waals surface area contributed by atoms with E-state index in [4.69, 9.17) is 28.4 Å². The van der Waals surface area contributed by atoms with Crippen LogP contribution in [0.3, 0.4) is 0 Å². The molecule has 1 saturated heterocycles. The fraction of sp³-hybridized carbons (Fsp3) is 1.00. The van der Waals surface area contributed by atoms with Gasteiger partial charge in [-0.25, -0.2) is 0 Å². The second kappa shape index (κ2) is 11.8. The predicted molar refractivity (Wildman–Crippen MR) is 64.6 cm³/mol. The van der Waals surface area contributed by atoms with Crippen LogP contribution < -0.4 is 0 Å². The highest BCUT2D eigenvalue weighted by Gasteiger charge is 2.02. The van der Waals surface area contributed by atoms with E-state index < -0.39 is 0 Å². The number of rotatable bonds is 0. The molecule has 0 amide bonds. The van der Waals surface area contributed by atoms with Crippen molar-refractivity contribution in [2.75, 3.05) is 66.1 Å². The highest BCUT2D eigenvalue weighted by molar-refractivity contribution is 4.39. The van der Waals surface area contributed by atoms with Gasteiger partial charge in [0, 0.05) is 0 Å². The van der Waals surface area contributed by atoms with E-state index in [1.807, 2.05) is 6.92 Å². The Morgan fingerprint density at radius 1 is 0.500 bits per heavy atom. The molecule has 18 heavy (non-hydrogen) atoms. The molecule has 0 atom stereocenters. The molecule has 0 spiro atoms. The average Bonchev–Trinajstić information content (AvgIpc) is 2.37. The summed E-state index contributed by atoms with van der Waals surface area (Å²) in [5.74, 6) is 0. The molecule has 0 aliphatic carbocycles. The van der Waals surface area contributed by atoms with Gasteiger partial charge in [0.05, 0.1) is 66.1 Å². The quantitative estimate of drug-likeness (QED) is 0.633. The van der Waals surface area contributed by atoms with Gasteiger partial charge in [-0.05, 0) is 6.92 Å². The third kappa shape index (κ3) is 9.76. The van der Waals surface area contributed by atoms with Crippen molar-refractivity contribution in [3.8, 4) is 0 Å². The Morgan fingerprint density at radius 2 is 0.778 bits per heavy atom. The molecule has 0 aromatic rings. The summed E-state index contributed by atoms with van der Waals surface area (Å²) in [5, 5.41) is 0. The van der Waals surface area contributed by atoms with Crippen molar-refractivity contribution in [1.82, 2.24) is 0 Å². The second-order valence-electron chi connectivity index (χ2n) is 3.76. The Kier molecular flexibility index (Phi) is 10.4. The van der Waals surface area contributed by atoms with Crippen LogP contribution in [0.15, 0.2) is 0 Å². The first kappa shape index (κ1) is 15.8. The SMILES string of the molecule is CC1OCCOCCOCCOCCOCCO1. The van der Waals surface area contributed by atoms with Crippen LogP contribution in [-0.2, 0) is 28.4 Å². The Balaban J connectivity index is 2.09. The van der Waals surface area contributed by atoms with Crippen LogP contribution in [0.25, 0.3) is 0 Å². The summed E-state index contributed by atoms with van der Waals surface area (Å²) < 4.78 is 32.1. The Labute approximate surface area is 108 Å². The van der Waals surface area contributed by atoms with Crippen LogP contribution in [0, 0.1) is 0 Å². The third-order valence-electron chi connectivity index (χ3n) is 2.28. The summed E-state index contributed by atoms with van der Waals surface area (Å²) in [6, 6.07) is 0. The lowest BCUT2D eigenvalue weighted by molar-refractivity contribution is -0.148. The molecule has 6 nitrogen and oxygen atoms in total. The minimum absolute atomic E-state index is 0.236. The monoisotopic (exact) mass is 264 g/mol. The molecule has 1 aliphatic rings. The van der Waals surface area contributed by atoms with Gasteiger partial charge < -0.3 is 28.4 Å². The highest BCUT2D eigenvalue weighted by Crippen LogP contribution is 1.94. The minimum atomic E-state index is -0.236. The smallest absolute Gasteiger partial charge is 0.155 e. The van der Waals surface area contributed by atoms with Crippen molar-refractivity contribution in [3.63, 3.8) is 0 Å². The van der Waals surface area contributed by atoms with Crippen LogP contribution in [0.5, 0.6) is 0 Å². The van der Waals surface area contributed by atoms with Crippen LogP contribution in [0.4, 0.5) is 0 Å². The summed E-state index contributed by atoms with van der Waals surface area (Å²) >= 11 is 0. The van der Waals surface area contributed by atoms with E-state index in [2.05, 4.69) is 0 Å². The van der Waals surface area contributed by atoms with Crippen LogP contribution >= 0.6 is 0 Å². The molecule has 0 radical (unpaired) electrons. The third-order valence-corrected chi connectivity index (χ3v) is 2.28. The maximum Gasteiger partial charge on any atom is 0.155 e. The van der Waals surface area contributed by atoms with Crippen molar-refractivity contribution in [2.24, 2.45) is 0 Å². The molecule has 1 aliphatic heterocycles. The molecule has 6 heteroatoms. The lowest BCUT2D eigenvalue weighted by Gasteiger charge is -2.14. The van der Waals surface area contributed by atoms with Gasteiger partial charge in [-0.1, -0.05) is 0 Å². The van der Waals surface area contributed by atoms with Crippen LogP contribution in [0.1, 0.15) is 6.92 Å². The number of hydrogen-bond donors (Lipinski definition) is 0. The topological polar surface area (TPSA) is 55.4 Å². The van der Waals surface area contributed by atoms with Crippen molar-refractivity contribution >= 4 is 0 Å². The number of ether oxygens (including phenoxy) is 6. The molecule has 108 valence electrons. The fourth-order valence-electron chi connectivity index (χ4n) is 1.36. The maximum atomic E-state index is 5.40. The second-order valence-corrected chi connectivity index (χ2v) is 3.76. The van der Waals surface area contributed by atoms with Gasteiger partial charge in [0.25, 0.3) is 0 Å². The molecular formula is C12H24O6. The lowest BCUT2D eigenvalue weighted by atomic mass is 10.6. The fourth-order valence-corrected chi connectivity index (χ4v) is 1.36. The van der Waals surface area contributed by atoms with E-state index in [1.165, 1.54) is 0 Å². The van der Waals surface area contributed by atoms with Crippen molar-refractivity contribution in [1.29, 1.82) is 0 Å². The summed E-state index contributed by atoms with van der Waals surface area (Å²) in [6.45, 7) is 7.45. The van der Waals surface area contributed by atoms with Gasteiger partial charge in [-0.15, -0.1) is 0 Å². The largest absolute Gasteiger partial charge is 0.377 e. The van der Waals surface area contributed by atoms with Gasteiger partial charge in [-0.3, -0.25) is 0 Å².